The van der Waals surface area contributed by atoms with Crippen molar-refractivity contribution in [2.75, 3.05) is 0 Å². The third-order valence-electron chi connectivity index (χ3n) is 3.52. The zero-order valence-electron chi connectivity index (χ0n) is 11.3. The second-order valence-electron chi connectivity index (χ2n) is 4.95. The number of hydrogen-bond donors (Lipinski definition) is 1. The molecule has 0 aliphatic carbocycles. The maximum Gasteiger partial charge on any atom is 0.0722 e. The lowest BCUT2D eigenvalue weighted by Crippen LogP contribution is -2.14. The van der Waals surface area contributed by atoms with Crippen LogP contribution in [-0.2, 0) is 13.5 Å². The fourth-order valence-corrected chi connectivity index (χ4v) is 2.92. The summed E-state index contributed by atoms with van der Waals surface area (Å²) in [6.07, 6.45) is 0.734. The molecule has 0 amide bonds. The van der Waals surface area contributed by atoms with Gasteiger partial charge < -0.3 is 5.73 Å². The molecule has 102 valence electrons. The minimum atomic E-state index is -0.0502. The van der Waals surface area contributed by atoms with Gasteiger partial charge in [-0.2, -0.15) is 5.10 Å². The number of benzene rings is 2. The van der Waals surface area contributed by atoms with E-state index in [0.717, 1.165) is 27.7 Å². The SMILES string of the molecule is Cn1nc(CC(N)c2cccc(Br)c2)c2ccccc21. The number of nitrogens with two attached hydrogens (primary N) is 1. The monoisotopic (exact) mass is 329 g/mol. The van der Waals surface area contributed by atoms with E-state index < -0.39 is 0 Å². The van der Waals surface area contributed by atoms with Crippen molar-refractivity contribution in [3.63, 3.8) is 0 Å². The van der Waals surface area contributed by atoms with Gasteiger partial charge in [-0.1, -0.05) is 46.3 Å². The summed E-state index contributed by atoms with van der Waals surface area (Å²) in [6.45, 7) is 0. The summed E-state index contributed by atoms with van der Waals surface area (Å²) in [4.78, 5) is 0. The molecular weight excluding hydrogens is 314 g/mol. The van der Waals surface area contributed by atoms with Gasteiger partial charge in [-0.05, 0) is 23.8 Å². The van der Waals surface area contributed by atoms with Gasteiger partial charge in [0, 0.05) is 29.4 Å². The topological polar surface area (TPSA) is 43.8 Å². The zero-order valence-corrected chi connectivity index (χ0v) is 12.8. The van der Waals surface area contributed by atoms with Crippen molar-refractivity contribution in [3.05, 3.63) is 64.3 Å². The van der Waals surface area contributed by atoms with Gasteiger partial charge >= 0.3 is 0 Å². The Labute approximate surface area is 126 Å². The molecule has 1 aromatic heterocycles. The van der Waals surface area contributed by atoms with Crippen molar-refractivity contribution in [3.8, 4) is 0 Å². The van der Waals surface area contributed by atoms with E-state index in [9.17, 15) is 0 Å². The molecule has 1 unspecified atom stereocenters. The third kappa shape index (κ3) is 2.49. The molecule has 4 heteroatoms. The predicted molar refractivity (Wildman–Crippen MR) is 85.5 cm³/mol. The van der Waals surface area contributed by atoms with E-state index in [-0.39, 0.29) is 6.04 Å². The average Bonchev–Trinajstić information content (AvgIpc) is 2.76. The minimum Gasteiger partial charge on any atom is -0.324 e. The summed E-state index contributed by atoms with van der Waals surface area (Å²) in [5.41, 5.74) is 9.64. The van der Waals surface area contributed by atoms with Gasteiger partial charge in [0.1, 0.15) is 0 Å². The molecule has 0 aliphatic rings. The highest BCUT2D eigenvalue weighted by atomic mass is 79.9. The van der Waals surface area contributed by atoms with E-state index in [1.807, 2.05) is 36.0 Å². The maximum atomic E-state index is 6.33. The molecule has 0 saturated heterocycles. The normalized spacial score (nSPS) is 12.8. The van der Waals surface area contributed by atoms with Gasteiger partial charge in [-0.3, -0.25) is 4.68 Å². The number of nitrogens with zero attached hydrogens (tertiary/aromatic N) is 2. The molecule has 0 radical (unpaired) electrons. The van der Waals surface area contributed by atoms with Crippen LogP contribution in [0.2, 0.25) is 0 Å². The highest BCUT2D eigenvalue weighted by Crippen LogP contribution is 2.24. The van der Waals surface area contributed by atoms with Crippen molar-refractivity contribution in [2.45, 2.75) is 12.5 Å². The average molecular weight is 330 g/mol. The van der Waals surface area contributed by atoms with Crippen LogP contribution in [0.3, 0.4) is 0 Å². The Bertz CT molecular complexity index is 748. The molecule has 3 nitrogen and oxygen atoms in total. The van der Waals surface area contributed by atoms with Crippen molar-refractivity contribution in [1.82, 2.24) is 9.78 Å². The molecule has 20 heavy (non-hydrogen) atoms. The third-order valence-corrected chi connectivity index (χ3v) is 4.02. The number of hydrogen-bond acceptors (Lipinski definition) is 2. The number of rotatable bonds is 3. The lowest BCUT2D eigenvalue weighted by atomic mass is 10.0. The van der Waals surface area contributed by atoms with E-state index in [2.05, 4.69) is 45.3 Å². The summed E-state index contributed by atoms with van der Waals surface area (Å²) < 4.78 is 2.97. The van der Waals surface area contributed by atoms with E-state index in [4.69, 9.17) is 5.73 Å². The standard InChI is InChI=1S/C16H16BrN3/c1-20-16-8-3-2-7-13(16)15(19-20)10-14(18)11-5-4-6-12(17)9-11/h2-9,14H,10,18H2,1H3. The molecule has 3 aromatic rings. The lowest BCUT2D eigenvalue weighted by Gasteiger charge is -2.11. The molecule has 0 bridgehead atoms. The summed E-state index contributed by atoms with van der Waals surface area (Å²) in [5, 5.41) is 5.78. The van der Waals surface area contributed by atoms with E-state index in [1.54, 1.807) is 0 Å². The zero-order chi connectivity index (χ0) is 14.1. The second-order valence-corrected chi connectivity index (χ2v) is 5.87. The first-order chi connectivity index (χ1) is 9.65. The van der Waals surface area contributed by atoms with Crippen LogP contribution in [0.5, 0.6) is 0 Å². The first kappa shape index (κ1) is 13.3. The Kier molecular flexibility index (Phi) is 3.59. The van der Waals surface area contributed by atoms with Crippen molar-refractivity contribution in [2.24, 2.45) is 12.8 Å². The Balaban J connectivity index is 1.93. The van der Waals surface area contributed by atoms with Gasteiger partial charge in [-0.25, -0.2) is 0 Å². The minimum absolute atomic E-state index is 0.0502. The van der Waals surface area contributed by atoms with E-state index >= 15 is 0 Å². The van der Waals surface area contributed by atoms with Crippen LogP contribution < -0.4 is 5.73 Å². The maximum absolute atomic E-state index is 6.33. The highest BCUT2D eigenvalue weighted by Gasteiger charge is 2.13. The summed E-state index contributed by atoms with van der Waals surface area (Å²) in [5.74, 6) is 0. The number of aryl methyl sites for hydroxylation is 1. The van der Waals surface area contributed by atoms with Gasteiger partial charge in [0.25, 0.3) is 0 Å². The number of halogens is 1. The van der Waals surface area contributed by atoms with Crippen molar-refractivity contribution >= 4 is 26.8 Å². The molecule has 0 fully saturated rings. The second kappa shape index (κ2) is 5.38. The molecule has 0 saturated carbocycles. The molecule has 1 heterocycles. The summed E-state index contributed by atoms with van der Waals surface area (Å²) >= 11 is 3.48. The van der Waals surface area contributed by atoms with E-state index in [0.29, 0.717) is 0 Å². The Morgan fingerprint density at radius 3 is 2.80 bits per heavy atom. The Morgan fingerprint density at radius 2 is 2.00 bits per heavy atom. The number of para-hydroxylation sites is 1. The predicted octanol–water partition coefficient (Wildman–Crippen LogP) is 3.58. The summed E-state index contributed by atoms with van der Waals surface area (Å²) in [6, 6.07) is 16.3. The smallest absolute Gasteiger partial charge is 0.0722 e. The molecule has 2 N–H and O–H groups in total. The Morgan fingerprint density at radius 1 is 1.20 bits per heavy atom. The van der Waals surface area contributed by atoms with Crippen LogP contribution >= 0.6 is 15.9 Å². The molecule has 2 aromatic carbocycles. The molecule has 3 rings (SSSR count). The Hall–Kier alpha value is -1.65. The van der Waals surface area contributed by atoms with Crippen LogP contribution in [0.25, 0.3) is 10.9 Å². The fourth-order valence-electron chi connectivity index (χ4n) is 2.50. The summed E-state index contributed by atoms with van der Waals surface area (Å²) in [7, 11) is 1.97. The van der Waals surface area contributed by atoms with Gasteiger partial charge in [0.2, 0.25) is 0 Å². The van der Waals surface area contributed by atoms with Gasteiger partial charge in [0.05, 0.1) is 11.2 Å². The van der Waals surface area contributed by atoms with Crippen LogP contribution in [0.15, 0.2) is 53.0 Å². The largest absolute Gasteiger partial charge is 0.324 e. The van der Waals surface area contributed by atoms with Crippen molar-refractivity contribution < 1.29 is 0 Å². The number of aromatic nitrogens is 2. The van der Waals surface area contributed by atoms with Gasteiger partial charge in [-0.15, -0.1) is 0 Å². The van der Waals surface area contributed by atoms with Crippen LogP contribution in [0.1, 0.15) is 17.3 Å². The quantitative estimate of drug-likeness (QED) is 0.798. The lowest BCUT2D eigenvalue weighted by molar-refractivity contribution is 0.682. The number of fused-ring (bicyclic) bond motifs is 1. The first-order valence-corrected chi connectivity index (χ1v) is 7.36. The molecular formula is C16H16BrN3. The fraction of sp³-hybridized carbons (Fsp3) is 0.188. The molecule has 0 aliphatic heterocycles. The molecule has 1 atom stereocenters. The van der Waals surface area contributed by atoms with Crippen LogP contribution in [0, 0.1) is 0 Å². The highest BCUT2D eigenvalue weighted by molar-refractivity contribution is 9.10. The van der Waals surface area contributed by atoms with Crippen LogP contribution in [0.4, 0.5) is 0 Å². The van der Waals surface area contributed by atoms with Gasteiger partial charge in [0.15, 0.2) is 0 Å². The van der Waals surface area contributed by atoms with Crippen LogP contribution in [-0.4, -0.2) is 9.78 Å². The molecule has 0 spiro atoms. The first-order valence-electron chi connectivity index (χ1n) is 6.57. The van der Waals surface area contributed by atoms with E-state index in [1.165, 1.54) is 5.39 Å². The van der Waals surface area contributed by atoms with Crippen molar-refractivity contribution in [1.29, 1.82) is 0 Å².